The quantitative estimate of drug-likeness (QED) is 0.741. The van der Waals surface area contributed by atoms with Crippen LogP contribution in [0, 0.1) is 5.41 Å². The highest BCUT2D eigenvalue weighted by Gasteiger charge is 2.39. The zero-order chi connectivity index (χ0) is 18.8. The van der Waals surface area contributed by atoms with Crippen LogP contribution in [-0.2, 0) is 12.0 Å². The smallest absolute Gasteiger partial charge is 0.259 e. The fraction of sp³-hybridized carbons (Fsp3) is 0.600. The van der Waals surface area contributed by atoms with E-state index in [1.165, 1.54) is 0 Å². The lowest BCUT2D eigenvalue weighted by molar-refractivity contribution is 0.229. The van der Waals surface area contributed by atoms with Gasteiger partial charge in [0.15, 0.2) is 5.82 Å². The molecule has 2 N–H and O–H groups in total. The fourth-order valence-corrected chi connectivity index (χ4v) is 3.73. The van der Waals surface area contributed by atoms with E-state index in [-0.39, 0.29) is 5.41 Å². The fourth-order valence-electron chi connectivity index (χ4n) is 3.73. The first kappa shape index (κ1) is 16.9. The van der Waals surface area contributed by atoms with E-state index in [0.29, 0.717) is 23.3 Å². The van der Waals surface area contributed by atoms with E-state index in [2.05, 4.69) is 42.1 Å². The van der Waals surface area contributed by atoms with Crippen LogP contribution in [0.4, 0.5) is 0 Å². The lowest BCUT2D eigenvalue weighted by Crippen LogP contribution is -2.44. The summed E-state index contributed by atoms with van der Waals surface area (Å²) in [5.74, 6) is 1.56. The molecule has 0 spiro atoms. The maximum Gasteiger partial charge on any atom is 0.259 e. The Labute approximate surface area is 157 Å². The molecule has 7 nitrogen and oxygen atoms in total. The molecule has 3 heterocycles. The Morgan fingerprint density at radius 3 is 2.56 bits per heavy atom. The summed E-state index contributed by atoms with van der Waals surface area (Å²) in [5.41, 5.74) is 9.32. The largest absolute Gasteiger partial charge is 0.336 e. The first-order chi connectivity index (χ1) is 12.8. The molecule has 142 valence electrons. The third-order valence-corrected chi connectivity index (χ3v) is 5.58. The maximum absolute atomic E-state index is 6.38. The first-order valence-electron chi connectivity index (χ1n) is 9.75. The van der Waals surface area contributed by atoms with Crippen molar-refractivity contribution in [2.45, 2.75) is 70.8 Å². The van der Waals surface area contributed by atoms with Crippen LogP contribution in [-0.4, -0.2) is 20.3 Å². The average molecular weight is 367 g/mol. The van der Waals surface area contributed by atoms with Crippen LogP contribution in [0.5, 0.6) is 0 Å². The molecule has 3 aromatic rings. The van der Waals surface area contributed by atoms with Gasteiger partial charge in [0.2, 0.25) is 0 Å². The molecule has 0 amide bonds. The average Bonchev–Trinajstić information content (AvgIpc) is 3.18. The van der Waals surface area contributed by atoms with Crippen LogP contribution in [0.3, 0.4) is 0 Å². The van der Waals surface area contributed by atoms with Crippen molar-refractivity contribution in [3.8, 4) is 11.5 Å². The van der Waals surface area contributed by atoms with E-state index >= 15 is 0 Å². The zero-order valence-electron chi connectivity index (χ0n) is 16.1. The monoisotopic (exact) mass is 367 g/mol. The summed E-state index contributed by atoms with van der Waals surface area (Å²) in [6.07, 6.45) is 5.98. The predicted octanol–water partition coefficient (Wildman–Crippen LogP) is 4.08. The van der Waals surface area contributed by atoms with Gasteiger partial charge in [-0.3, -0.25) is 0 Å². The highest BCUT2D eigenvalue weighted by Crippen LogP contribution is 2.43. The van der Waals surface area contributed by atoms with Crippen molar-refractivity contribution in [2.24, 2.45) is 11.1 Å². The number of nitrogens with zero attached hydrogens (tertiary/aromatic N) is 4. The highest BCUT2D eigenvalue weighted by atomic mass is 16.5. The van der Waals surface area contributed by atoms with Crippen LogP contribution in [0.2, 0.25) is 0 Å². The number of rotatable bonds is 4. The molecule has 2 saturated carbocycles. The van der Waals surface area contributed by atoms with E-state index in [9.17, 15) is 0 Å². The van der Waals surface area contributed by atoms with Crippen molar-refractivity contribution in [3.05, 3.63) is 23.3 Å². The summed E-state index contributed by atoms with van der Waals surface area (Å²) in [4.78, 5) is 9.38. The highest BCUT2D eigenvalue weighted by molar-refractivity contribution is 5.91. The molecule has 0 saturated heterocycles. The molecule has 5 rings (SSSR count). The Morgan fingerprint density at radius 2 is 1.93 bits per heavy atom. The van der Waals surface area contributed by atoms with E-state index in [0.717, 1.165) is 60.9 Å². The van der Waals surface area contributed by atoms with Crippen molar-refractivity contribution in [1.29, 1.82) is 0 Å². The number of pyridine rings is 1. The number of hydrogen-bond acceptors (Lipinski definition) is 7. The summed E-state index contributed by atoms with van der Waals surface area (Å²) < 4.78 is 11.3. The molecule has 2 fully saturated rings. The molecule has 3 aromatic heterocycles. The van der Waals surface area contributed by atoms with Gasteiger partial charge in [-0.2, -0.15) is 4.98 Å². The summed E-state index contributed by atoms with van der Waals surface area (Å²) >= 11 is 0. The standard InChI is InChI=1S/C20H25N5O2/c1-19(2,3)10-14-15-12(9-13(11-5-6-11)22-17(15)27-24-14)16-23-18(25-26-16)20(21)7-4-8-20/h9,11H,4-8,10,21H2,1-3H3. The van der Waals surface area contributed by atoms with E-state index in [1.54, 1.807) is 0 Å². The molecule has 0 atom stereocenters. The molecular weight excluding hydrogens is 342 g/mol. The van der Waals surface area contributed by atoms with Gasteiger partial charge in [-0.15, -0.1) is 0 Å². The minimum absolute atomic E-state index is 0.0729. The summed E-state index contributed by atoms with van der Waals surface area (Å²) in [7, 11) is 0. The van der Waals surface area contributed by atoms with Crippen molar-refractivity contribution in [1.82, 2.24) is 20.3 Å². The van der Waals surface area contributed by atoms with Gasteiger partial charge in [0.05, 0.1) is 22.2 Å². The topological polar surface area (TPSA) is 104 Å². The van der Waals surface area contributed by atoms with Gasteiger partial charge >= 0.3 is 0 Å². The normalized spacial score (nSPS) is 19.4. The molecule has 27 heavy (non-hydrogen) atoms. The molecule has 0 unspecified atom stereocenters. The molecule has 2 aliphatic carbocycles. The van der Waals surface area contributed by atoms with Crippen LogP contribution >= 0.6 is 0 Å². The van der Waals surface area contributed by atoms with Crippen LogP contribution < -0.4 is 5.73 Å². The molecule has 0 bridgehead atoms. The van der Waals surface area contributed by atoms with Crippen molar-refractivity contribution >= 4 is 11.1 Å². The van der Waals surface area contributed by atoms with Crippen molar-refractivity contribution in [3.63, 3.8) is 0 Å². The Kier molecular flexibility index (Phi) is 3.50. The van der Waals surface area contributed by atoms with Crippen molar-refractivity contribution < 1.29 is 9.05 Å². The summed E-state index contributed by atoms with van der Waals surface area (Å²) in [6, 6.07) is 2.07. The number of fused-ring (bicyclic) bond motifs is 1. The zero-order valence-corrected chi connectivity index (χ0v) is 16.1. The molecule has 7 heteroatoms. The second-order valence-electron chi connectivity index (χ2n) is 9.35. The van der Waals surface area contributed by atoms with Crippen LogP contribution in [0.15, 0.2) is 15.1 Å². The minimum Gasteiger partial charge on any atom is -0.336 e. The second-order valence-corrected chi connectivity index (χ2v) is 9.35. The van der Waals surface area contributed by atoms with Crippen LogP contribution in [0.25, 0.3) is 22.6 Å². The molecule has 0 aliphatic heterocycles. The van der Waals surface area contributed by atoms with Gasteiger partial charge in [0, 0.05) is 11.6 Å². The van der Waals surface area contributed by atoms with Crippen LogP contribution in [0.1, 0.15) is 76.0 Å². The lowest BCUT2D eigenvalue weighted by Gasteiger charge is -2.34. The number of hydrogen-bond donors (Lipinski definition) is 1. The van der Waals surface area contributed by atoms with E-state index in [4.69, 9.17) is 19.8 Å². The Hall–Kier alpha value is -2.28. The summed E-state index contributed by atoms with van der Waals surface area (Å²) in [6.45, 7) is 6.54. The van der Waals surface area contributed by atoms with Gasteiger partial charge in [0.25, 0.3) is 11.6 Å². The van der Waals surface area contributed by atoms with Gasteiger partial charge in [-0.25, -0.2) is 4.98 Å². The molecule has 2 aliphatic rings. The Morgan fingerprint density at radius 1 is 1.15 bits per heavy atom. The Bertz CT molecular complexity index is 1010. The number of nitrogens with two attached hydrogens (primary N) is 1. The second kappa shape index (κ2) is 5.61. The predicted molar refractivity (Wildman–Crippen MR) is 99.9 cm³/mol. The van der Waals surface area contributed by atoms with Gasteiger partial charge in [-0.05, 0) is 50.0 Å². The maximum atomic E-state index is 6.38. The van der Waals surface area contributed by atoms with E-state index in [1.807, 2.05) is 0 Å². The SMILES string of the molecule is CC(C)(C)Cc1noc2nc(C3CC3)cc(-c3nc(C4(N)CCC4)no3)c12. The van der Waals surface area contributed by atoms with Gasteiger partial charge < -0.3 is 14.8 Å². The van der Waals surface area contributed by atoms with Crippen molar-refractivity contribution in [2.75, 3.05) is 0 Å². The molecule has 0 radical (unpaired) electrons. The van der Waals surface area contributed by atoms with Gasteiger partial charge in [0.1, 0.15) is 0 Å². The first-order valence-corrected chi connectivity index (χ1v) is 9.75. The molecule has 0 aromatic carbocycles. The van der Waals surface area contributed by atoms with Gasteiger partial charge in [-0.1, -0.05) is 31.1 Å². The minimum atomic E-state index is -0.448. The summed E-state index contributed by atoms with van der Waals surface area (Å²) in [5, 5.41) is 9.39. The number of aromatic nitrogens is 4. The Balaban J connectivity index is 1.65. The molecular formula is C20H25N5O2. The lowest BCUT2D eigenvalue weighted by atomic mass is 9.77. The third-order valence-electron chi connectivity index (χ3n) is 5.58. The third kappa shape index (κ3) is 2.94. The van der Waals surface area contributed by atoms with E-state index < -0.39 is 5.54 Å².